The van der Waals surface area contributed by atoms with Gasteiger partial charge < -0.3 is 14.5 Å². The van der Waals surface area contributed by atoms with Crippen LogP contribution in [0.5, 0.6) is 0 Å². The molecule has 3 heterocycles. The second-order valence-corrected chi connectivity index (χ2v) is 10.5. The van der Waals surface area contributed by atoms with E-state index in [1.807, 2.05) is 31.1 Å². The Morgan fingerprint density at radius 2 is 1.80 bits per heavy atom. The van der Waals surface area contributed by atoms with Crippen LogP contribution < -0.4 is 4.90 Å². The quantitative estimate of drug-likeness (QED) is 0.719. The van der Waals surface area contributed by atoms with E-state index < -0.39 is 11.7 Å². The number of anilines is 1. The lowest BCUT2D eigenvalue weighted by Crippen LogP contribution is -2.49. The Labute approximate surface area is 184 Å². The van der Waals surface area contributed by atoms with Gasteiger partial charge in [0.1, 0.15) is 5.60 Å². The molecule has 0 radical (unpaired) electrons. The fourth-order valence-electron chi connectivity index (χ4n) is 4.08. The van der Waals surface area contributed by atoms with Gasteiger partial charge in [0.15, 0.2) is 5.13 Å². The molecule has 168 valence electrons. The molecular formula is C22H36N4O3S. The molecule has 1 aromatic heterocycles. The van der Waals surface area contributed by atoms with Crippen LogP contribution in [0.4, 0.5) is 9.93 Å². The molecule has 8 heteroatoms. The van der Waals surface area contributed by atoms with E-state index >= 15 is 0 Å². The van der Waals surface area contributed by atoms with Gasteiger partial charge in [0.2, 0.25) is 5.91 Å². The molecule has 2 saturated heterocycles. The summed E-state index contributed by atoms with van der Waals surface area (Å²) in [4.78, 5) is 35.4. The molecule has 7 nitrogen and oxygen atoms in total. The van der Waals surface area contributed by atoms with Crippen LogP contribution in [0.2, 0.25) is 0 Å². The molecule has 2 amide bonds. The van der Waals surface area contributed by atoms with Crippen molar-refractivity contribution in [3.8, 4) is 0 Å². The van der Waals surface area contributed by atoms with E-state index in [0.717, 1.165) is 31.8 Å². The molecule has 0 unspecified atom stereocenters. The third-order valence-electron chi connectivity index (χ3n) is 5.98. The molecule has 0 spiro atoms. The molecule has 0 aliphatic carbocycles. The number of likely N-dealkylation sites (tertiary alicyclic amines) is 2. The Balaban J connectivity index is 1.47. The highest BCUT2D eigenvalue weighted by Crippen LogP contribution is 2.25. The molecule has 3 rings (SSSR count). The van der Waals surface area contributed by atoms with Crippen molar-refractivity contribution in [3.63, 3.8) is 0 Å². The standard InChI is InChI=1S/C22H36N4O3S/c1-16-6-10-25(11-7-16)18-8-12-26(13-9-18)19(27)14-17-15-30-20(23-17)24(5)21(28)29-22(2,3)4/h15-16,18H,6-14H2,1-5H3. The lowest BCUT2D eigenvalue weighted by atomic mass is 9.95. The average molecular weight is 437 g/mol. The predicted octanol–water partition coefficient (Wildman–Crippen LogP) is 3.78. The molecule has 2 fully saturated rings. The van der Waals surface area contributed by atoms with Crippen LogP contribution in [0.1, 0.15) is 59.1 Å². The summed E-state index contributed by atoms with van der Waals surface area (Å²) in [5.74, 6) is 0.970. The molecule has 0 N–H and O–H groups in total. The molecule has 0 bridgehead atoms. The highest BCUT2D eigenvalue weighted by Gasteiger charge is 2.29. The minimum atomic E-state index is -0.556. The van der Waals surface area contributed by atoms with Crippen molar-refractivity contribution in [1.82, 2.24) is 14.8 Å². The van der Waals surface area contributed by atoms with Crippen LogP contribution in [-0.4, -0.2) is 71.7 Å². The normalized spacial score (nSPS) is 19.7. The predicted molar refractivity (Wildman–Crippen MR) is 120 cm³/mol. The zero-order chi connectivity index (χ0) is 21.9. The largest absolute Gasteiger partial charge is 0.443 e. The van der Waals surface area contributed by atoms with Crippen LogP contribution in [0, 0.1) is 5.92 Å². The van der Waals surface area contributed by atoms with Gasteiger partial charge in [0.05, 0.1) is 12.1 Å². The highest BCUT2D eigenvalue weighted by atomic mass is 32.1. The number of ether oxygens (including phenoxy) is 1. The Morgan fingerprint density at radius 3 is 2.40 bits per heavy atom. The number of carbonyl (C=O) groups is 2. The molecule has 2 aliphatic heterocycles. The van der Waals surface area contributed by atoms with E-state index in [1.54, 1.807) is 7.05 Å². The van der Waals surface area contributed by atoms with E-state index in [1.165, 1.54) is 42.2 Å². The average Bonchev–Trinajstić information content (AvgIpc) is 3.15. The van der Waals surface area contributed by atoms with Crippen LogP contribution in [0.25, 0.3) is 0 Å². The van der Waals surface area contributed by atoms with Crippen LogP contribution in [-0.2, 0) is 16.0 Å². The number of amides is 2. The zero-order valence-electron chi connectivity index (χ0n) is 19.0. The van der Waals surface area contributed by atoms with Crippen LogP contribution >= 0.6 is 11.3 Å². The first-order valence-corrected chi connectivity index (χ1v) is 11.9. The number of nitrogens with zero attached hydrogens (tertiary/aromatic N) is 4. The van der Waals surface area contributed by atoms with Crippen molar-refractivity contribution in [3.05, 3.63) is 11.1 Å². The van der Waals surface area contributed by atoms with Crippen molar-refractivity contribution in [2.75, 3.05) is 38.1 Å². The summed E-state index contributed by atoms with van der Waals surface area (Å²) in [6.45, 7) is 11.9. The Hall–Kier alpha value is -1.67. The van der Waals surface area contributed by atoms with E-state index in [0.29, 0.717) is 16.9 Å². The van der Waals surface area contributed by atoms with E-state index in [-0.39, 0.29) is 12.3 Å². The lowest BCUT2D eigenvalue weighted by Gasteiger charge is -2.41. The van der Waals surface area contributed by atoms with Gasteiger partial charge in [-0.05, 0) is 65.5 Å². The fraction of sp³-hybridized carbons (Fsp3) is 0.773. The van der Waals surface area contributed by atoms with E-state index in [4.69, 9.17) is 4.74 Å². The van der Waals surface area contributed by atoms with Gasteiger partial charge in [-0.25, -0.2) is 9.78 Å². The van der Waals surface area contributed by atoms with Crippen molar-refractivity contribution in [2.45, 2.75) is 71.4 Å². The van der Waals surface area contributed by atoms with Crippen molar-refractivity contribution in [2.24, 2.45) is 5.92 Å². The van der Waals surface area contributed by atoms with Crippen molar-refractivity contribution in [1.29, 1.82) is 0 Å². The molecule has 0 saturated carbocycles. The third-order valence-corrected chi connectivity index (χ3v) is 6.94. The maximum atomic E-state index is 12.8. The first-order valence-electron chi connectivity index (χ1n) is 11.1. The molecule has 2 aliphatic rings. The van der Waals surface area contributed by atoms with E-state index in [2.05, 4.69) is 16.8 Å². The molecule has 0 aromatic carbocycles. The van der Waals surface area contributed by atoms with Crippen molar-refractivity contribution >= 4 is 28.5 Å². The van der Waals surface area contributed by atoms with Gasteiger partial charge in [-0.2, -0.15) is 0 Å². The Morgan fingerprint density at radius 1 is 1.17 bits per heavy atom. The second kappa shape index (κ2) is 9.64. The van der Waals surface area contributed by atoms with Gasteiger partial charge in [0, 0.05) is 31.6 Å². The summed E-state index contributed by atoms with van der Waals surface area (Å²) in [5, 5.41) is 2.40. The first kappa shape index (κ1) is 23.0. The summed E-state index contributed by atoms with van der Waals surface area (Å²) in [5.41, 5.74) is 0.155. The molecule has 30 heavy (non-hydrogen) atoms. The maximum Gasteiger partial charge on any atom is 0.416 e. The van der Waals surface area contributed by atoms with Crippen LogP contribution in [0.15, 0.2) is 5.38 Å². The smallest absolute Gasteiger partial charge is 0.416 e. The number of thiazole rings is 1. The van der Waals surface area contributed by atoms with Gasteiger partial charge >= 0.3 is 6.09 Å². The number of hydrogen-bond acceptors (Lipinski definition) is 6. The number of piperidine rings is 2. The summed E-state index contributed by atoms with van der Waals surface area (Å²) in [6, 6.07) is 0.620. The Kier molecular flexibility index (Phi) is 7.39. The summed E-state index contributed by atoms with van der Waals surface area (Å²) in [7, 11) is 1.64. The number of hydrogen-bond donors (Lipinski definition) is 0. The highest BCUT2D eigenvalue weighted by molar-refractivity contribution is 7.14. The van der Waals surface area contributed by atoms with Crippen molar-refractivity contribution < 1.29 is 14.3 Å². The van der Waals surface area contributed by atoms with Crippen LogP contribution in [0.3, 0.4) is 0 Å². The molecule has 0 atom stereocenters. The number of rotatable bonds is 4. The topological polar surface area (TPSA) is 66.0 Å². The minimum absolute atomic E-state index is 0.123. The SMILES string of the molecule is CC1CCN(C2CCN(C(=O)Cc3csc(N(C)C(=O)OC(C)(C)C)n3)CC2)CC1. The lowest BCUT2D eigenvalue weighted by molar-refractivity contribution is -0.132. The summed E-state index contributed by atoms with van der Waals surface area (Å²) in [6.07, 6.45) is 4.55. The minimum Gasteiger partial charge on any atom is -0.443 e. The van der Waals surface area contributed by atoms with E-state index in [9.17, 15) is 9.59 Å². The number of carbonyl (C=O) groups excluding carboxylic acids is 2. The van der Waals surface area contributed by atoms with Gasteiger partial charge in [0.25, 0.3) is 0 Å². The second-order valence-electron chi connectivity index (χ2n) is 9.67. The maximum absolute atomic E-state index is 12.8. The molecule has 1 aromatic rings. The third kappa shape index (κ3) is 6.17. The van der Waals surface area contributed by atoms with Gasteiger partial charge in [-0.1, -0.05) is 6.92 Å². The monoisotopic (exact) mass is 436 g/mol. The fourth-order valence-corrected chi connectivity index (χ4v) is 4.86. The number of aromatic nitrogens is 1. The van der Waals surface area contributed by atoms with Gasteiger partial charge in [-0.15, -0.1) is 11.3 Å². The zero-order valence-corrected chi connectivity index (χ0v) is 19.8. The first-order chi connectivity index (χ1) is 14.1. The van der Waals surface area contributed by atoms with Gasteiger partial charge in [-0.3, -0.25) is 9.69 Å². The Bertz CT molecular complexity index is 729. The molecular weight excluding hydrogens is 400 g/mol. The summed E-state index contributed by atoms with van der Waals surface area (Å²) < 4.78 is 5.38. The summed E-state index contributed by atoms with van der Waals surface area (Å²) >= 11 is 1.36.